The third kappa shape index (κ3) is 2.82. The van der Waals surface area contributed by atoms with E-state index in [1.165, 1.54) is 0 Å². The number of hydrogen-bond acceptors (Lipinski definition) is 3. The third-order valence-corrected chi connectivity index (χ3v) is 2.90. The molecule has 18 heavy (non-hydrogen) atoms. The molecule has 2 aromatic rings. The van der Waals surface area contributed by atoms with Crippen molar-refractivity contribution in [3.05, 3.63) is 24.0 Å². The van der Waals surface area contributed by atoms with Crippen LogP contribution in [-0.2, 0) is 0 Å². The van der Waals surface area contributed by atoms with Crippen LogP contribution in [0.5, 0.6) is 5.75 Å². The zero-order chi connectivity index (χ0) is 13.0. The predicted octanol–water partition coefficient (Wildman–Crippen LogP) is 3.15. The van der Waals surface area contributed by atoms with Gasteiger partial charge in [-0.15, -0.1) is 0 Å². The number of fused-ring (bicyclic) bond motifs is 1. The Morgan fingerprint density at radius 1 is 1.33 bits per heavy atom. The van der Waals surface area contributed by atoms with Crippen LogP contribution in [0.3, 0.4) is 0 Å². The van der Waals surface area contributed by atoms with Gasteiger partial charge in [-0.05, 0) is 25.0 Å². The maximum Gasteiger partial charge on any atom is 0.124 e. The van der Waals surface area contributed by atoms with Crippen LogP contribution in [0.25, 0.3) is 11.0 Å². The molecule has 0 aliphatic carbocycles. The van der Waals surface area contributed by atoms with Gasteiger partial charge in [-0.25, -0.2) is 4.98 Å². The van der Waals surface area contributed by atoms with Gasteiger partial charge in [0, 0.05) is 6.07 Å². The highest BCUT2D eigenvalue weighted by Crippen LogP contribution is 2.22. The number of H-pyrrole nitrogens is 1. The Hall–Kier alpha value is -1.55. The van der Waals surface area contributed by atoms with Crippen LogP contribution in [-0.4, -0.2) is 16.6 Å². The van der Waals surface area contributed by atoms with Crippen molar-refractivity contribution >= 4 is 11.0 Å². The highest BCUT2D eigenvalue weighted by Gasteiger charge is 2.10. The van der Waals surface area contributed by atoms with Crippen molar-refractivity contribution in [2.75, 3.05) is 6.61 Å². The lowest BCUT2D eigenvalue weighted by molar-refractivity contribution is 0.318. The Kier molecular flexibility index (Phi) is 4.20. The van der Waals surface area contributed by atoms with Crippen molar-refractivity contribution in [1.82, 2.24) is 9.97 Å². The molecule has 1 aromatic carbocycles. The molecule has 1 aromatic heterocycles. The molecule has 0 radical (unpaired) electrons. The van der Waals surface area contributed by atoms with Crippen LogP contribution in [0.1, 0.15) is 45.0 Å². The molecule has 98 valence electrons. The summed E-state index contributed by atoms with van der Waals surface area (Å²) in [5.41, 5.74) is 8.00. The lowest BCUT2D eigenvalue weighted by atomic mass is 10.2. The molecule has 0 spiro atoms. The van der Waals surface area contributed by atoms with Crippen molar-refractivity contribution in [3.63, 3.8) is 0 Å². The number of rotatable bonds is 6. The Labute approximate surface area is 108 Å². The average Bonchev–Trinajstić information content (AvgIpc) is 2.79. The Morgan fingerprint density at radius 2 is 2.17 bits per heavy atom. The van der Waals surface area contributed by atoms with Crippen LogP contribution in [0, 0.1) is 0 Å². The number of imidazole rings is 1. The summed E-state index contributed by atoms with van der Waals surface area (Å²) < 4.78 is 5.60. The van der Waals surface area contributed by atoms with Crippen LogP contribution < -0.4 is 10.5 Å². The van der Waals surface area contributed by atoms with Crippen LogP contribution in [0.4, 0.5) is 0 Å². The average molecular weight is 247 g/mol. The van der Waals surface area contributed by atoms with E-state index < -0.39 is 0 Å². The minimum absolute atomic E-state index is 0.0117. The van der Waals surface area contributed by atoms with E-state index in [2.05, 4.69) is 23.8 Å². The third-order valence-electron chi connectivity index (χ3n) is 2.90. The predicted molar refractivity (Wildman–Crippen MR) is 73.7 cm³/mol. The molecular formula is C14H21N3O. The molecule has 3 N–H and O–H groups in total. The molecule has 1 unspecified atom stereocenters. The Balaban J connectivity index is 2.22. The van der Waals surface area contributed by atoms with E-state index in [1.807, 2.05) is 18.2 Å². The monoisotopic (exact) mass is 247 g/mol. The van der Waals surface area contributed by atoms with Gasteiger partial charge >= 0.3 is 0 Å². The second-order valence-corrected chi connectivity index (χ2v) is 4.54. The minimum atomic E-state index is -0.0117. The number of nitrogens with one attached hydrogen (secondary N) is 1. The molecule has 1 atom stereocenters. The number of nitrogens with two attached hydrogens (primary N) is 1. The van der Waals surface area contributed by atoms with Gasteiger partial charge in [0.25, 0.3) is 0 Å². The van der Waals surface area contributed by atoms with E-state index in [9.17, 15) is 0 Å². The fraction of sp³-hybridized carbons (Fsp3) is 0.500. The summed E-state index contributed by atoms with van der Waals surface area (Å²) >= 11 is 0. The SMILES string of the molecule is CCCOc1ccc2nc(C(N)CCC)[nH]c2c1. The van der Waals surface area contributed by atoms with E-state index in [-0.39, 0.29) is 6.04 Å². The van der Waals surface area contributed by atoms with Gasteiger partial charge in [0.15, 0.2) is 0 Å². The second kappa shape index (κ2) is 5.87. The van der Waals surface area contributed by atoms with Gasteiger partial charge in [-0.3, -0.25) is 0 Å². The Morgan fingerprint density at radius 3 is 2.89 bits per heavy atom. The zero-order valence-electron chi connectivity index (χ0n) is 11.1. The van der Waals surface area contributed by atoms with Crippen molar-refractivity contribution in [3.8, 4) is 5.75 Å². The van der Waals surface area contributed by atoms with Gasteiger partial charge < -0.3 is 15.5 Å². The van der Waals surface area contributed by atoms with E-state index in [0.717, 1.165) is 48.5 Å². The lowest BCUT2D eigenvalue weighted by Gasteiger charge is -2.05. The fourth-order valence-corrected chi connectivity index (χ4v) is 1.94. The summed E-state index contributed by atoms with van der Waals surface area (Å²) in [6.07, 6.45) is 3.01. The first kappa shape index (κ1) is 12.9. The summed E-state index contributed by atoms with van der Waals surface area (Å²) in [5, 5.41) is 0. The minimum Gasteiger partial charge on any atom is -0.494 e. The molecule has 0 aliphatic heterocycles. The van der Waals surface area contributed by atoms with Crippen molar-refractivity contribution in [2.24, 2.45) is 5.73 Å². The molecule has 0 aliphatic rings. The van der Waals surface area contributed by atoms with Crippen LogP contribution in [0.2, 0.25) is 0 Å². The van der Waals surface area contributed by atoms with Gasteiger partial charge in [0.2, 0.25) is 0 Å². The van der Waals surface area contributed by atoms with Gasteiger partial charge in [-0.1, -0.05) is 20.3 Å². The molecule has 1 heterocycles. The van der Waals surface area contributed by atoms with E-state index >= 15 is 0 Å². The first-order chi connectivity index (χ1) is 8.74. The topological polar surface area (TPSA) is 63.9 Å². The Bertz CT molecular complexity index is 507. The lowest BCUT2D eigenvalue weighted by Crippen LogP contribution is -2.11. The summed E-state index contributed by atoms with van der Waals surface area (Å²) in [6, 6.07) is 5.90. The fourth-order valence-electron chi connectivity index (χ4n) is 1.94. The van der Waals surface area contributed by atoms with Gasteiger partial charge in [0.1, 0.15) is 11.6 Å². The number of hydrogen-bond donors (Lipinski definition) is 2. The summed E-state index contributed by atoms with van der Waals surface area (Å²) in [7, 11) is 0. The first-order valence-corrected chi connectivity index (χ1v) is 6.62. The zero-order valence-corrected chi connectivity index (χ0v) is 11.1. The maximum atomic E-state index is 6.06. The number of aromatic nitrogens is 2. The number of benzene rings is 1. The molecule has 0 fully saturated rings. The van der Waals surface area contributed by atoms with Crippen LogP contribution >= 0.6 is 0 Å². The van der Waals surface area contributed by atoms with E-state index in [0.29, 0.717) is 0 Å². The largest absolute Gasteiger partial charge is 0.494 e. The van der Waals surface area contributed by atoms with Crippen molar-refractivity contribution in [2.45, 2.75) is 39.2 Å². The molecule has 4 nitrogen and oxygen atoms in total. The molecule has 0 amide bonds. The number of aromatic amines is 1. The van der Waals surface area contributed by atoms with Crippen molar-refractivity contribution in [1.29, 1.82) is 0 Å². The van der Waals surface area contributed by atoms with Gasteiger partial charge in [0.05, 0.1) is 23.7 Å². The van der Waals surface area contributed by atoms with E-state index in [1.54, 1.807) is 0 Å². The summed E-state index contributed by atoms with van der Waals surface area (Å²) in [6.45, 7) is 4.96. The van der Waals surface area contributed by atoms with E-state index in [4.69, 9.17) is 10.5 Å². The highest BCUT2D eigenvalue weighted by atomic mass is 16.5. The first-order valence-electron chi connectivity index (χ1n) is 6.62. The molecule has 0 saturated heterocycles. The number of ether oxygens (including phenoxy) is 1. The number of nitrogens with zero attached hydrogens (tertiary/aromatic N) is 1. The molecule has 4 heteroatoms. The molecular weight excluding hydrogens is 226 g/mol. The summed E-state index contributed by atoms with van der Waals surface area (Å²) in [4.78, 5) is 7.80. The van der Waals surface area contributed by atoms with Crippen molar-refractivity contribution < 1.29 is 4.74 Å². The molecule has 0 bridgehead atoms. The molecule has 2 rings (SSSR count). The quantitative estimate of drug-likeness (QED) is 0.824. The second-order valence-electron chi connectivity index (χ2n) is 4.54. The normalized spacial score (nSPS) is 12.8. The smallest absolute Gasteiger partial charge is 0.124 e. The van der Waals surface area contributed by atoms with Crippen LogP contribution in [0.15, 0.2) is 18.2 Å². The van der Waals surface area contributed by atoms with Gasteiger partial charge in [-0.2, -0.15) is 0 Å². The molecule has 0 saturated carbocycles. The highest BCUT2D eigenvalue weighted by molar-refractivity contribution is 5.76. The summed E-state index contributed by atoms with van der Waals surface area (Å²) in [5.74, 6) is 1.74. The maximum absolute atomic E-state index is 6.06. The standard InChI is InChI=1S/C14H21N3O/c1-3-5-11(15)14-16-12-7-6-10(18-8-4-2)9-13(12)17-14/h6-7,9,11H,3-5,8,15H2,1-2H3,(H,16,17).